The summed E-state index contributed by atoms with van der Waals surface area (Å²) in [6.45, 7) is 4.55. The molecule has 0 saturated carbocycles. The SMILES string of the molecule is Cc1noc(N2CC=C(c3ccc(-c4ccccc4)cc3)O2)c1C. The van der Waals surface area contributed by atoms with Crippen molar-refractivity contribution >= 4 is 11.6 Å². The van der Waals surface area contributed by atoms with Crippen LogP contribution < -0.4 is 5.06 Å². The predicted molar refractivity (Wildman–Crippen MR) is 94.3 cm³/mol. The summed E-state index contributed by atoms with van der Waals surface area (Å²) in [5.41, 5.74) is 5.33. The molecule has 120 valence electrons. The lowest BCUT2D eigenvalue weighted by atomic mass is 10.0. The van der Waals surface area contributed by atoms with Crippen molar-refractivity contribution < 1.29 is 9.36 Å². The van der Waals surface area contributed by atoms with Crippen LogP contribution in [0.5, 0.6) is 0 Å². The van der Waals surface area contributed by atoms with Gasteiger partial charge in [0.15, 0.2) is 5.76 Å². The third-order valence-electron chi connectivity index (χ3n) is 4.29. The van der Waals surface area contributed by atoms with Crippen LogP contribution in [-0.2, 0) is 4.84 Å². The maximum Gasteiger partial charge on any atom is 0.263 e. The lowest BCUT2D eigenvalue weighted by Gasteiger charge is -2.15. The molecule has 0 unspecified atom stereocenters. The molecule has 2 heterocycles. The molecular formula is C20H18N2O2. The van der Waals surface area contributed by atoms with E-state index in [-0.39, 0.29) is 0 Å². The average molecular weight is 318 g/mol. The Balaban J connectivity index is 1.52. The zero-order chi connectivity index (χ0) is 16.5. The van der Waals surface area contributed by atoms with Crippen molar-refractivity contribution in [1.29, 1.82) is 0 Å². The standard InChI is InChI=1S/C20H18N2O2/c1-14-15(2)21-23-20(14)22-13-12-19(24-22)18-10-8-17(9-11-18)16-6-4-3-5-7-16/h3-12H,13H2,1-2H3. The molecule has 0 radical (unpaired) electrons. The molecule has 1 aliphatic rings. The molecule has 0 saturated heterocycles. The average Bonchev–Trinajstić information content (AvgIpc) is 3.24. The number of anilines is 1. The van der Waals surface area contributed by atoms with Crippen molar-refractivity contribution in [2.45, 2.75) is 13.8 Å². The molecule has 4 nitrogen and oxygen atoms in total. The van der Waals surface area contributed by atoms with E-state index in [4.69, 9.17) is 9.36 Å². The third kappa shape index (κ3) is 2.56. The molecule has 4 heteroatoms. The van der Waals surface area contributed by atoms with Gasteiger partial charge in [-0.2, -0.15) is 5.06 Å². The summed E-state index contributed by atoms with van der Waals surface area (Å²) in [7, 11) is 0. The molecular weight excluding hydrogens is 300 g/mol. The van der Waals surface area contributed by atoms with Crippen molar-refractivity contribution in [2.24, 2.45) is 0 Å². The van der Waals surface area contributed by atoms with Gasteiger partial charge in [0.1, 0.15) is 0 Å². The molecule has 0 N–H and O–H groups in total. The van der Waals surface area contributed by atoms with E-state index < -0.39 is 0 Å². The van der Waals surface area contributed by atoms with Crippen LogP contribution in [0, 0.1) is 13.8 Å². The minimum absolute atomic E-state index is 0.644. The van der Waals surface area contributed by atoms with E-state index in [1.807, 2.05) is 32.0 Å². The van der Waals surface area contributed by atoms with Crippen LogP contribution in [0.2, 0.25) is 0 Å². The highest BCUT2D eigenvalue weighted by atomic mass is 16.7. The van der Waals surface area contributed by atoms with Gasteiger partial charge in [-0.1, -0.05) is 59.8 Å². The third-order valence-corrected chi connectivity index (χ3v) is 4.29. The van der Waals surface area contributed by atoms with Gasteiger partial charge in [0, 0.05) is 11.1 Å². The lowest BCUT2D eigenvalue weighted by Crippen LogP contribution is -2.17. The fourth-order valence-electron chi connectivity index (χ4n) is 2.75. The Hall–Kier alpha value is -3.01. The Kier molecular flexibility index (Phi) is 3.58. The number of nitrogens with zero attached hydrogens (tertiary/aromatic N) is 2. The fourth-order valence-corrected chi connectivity index (χ4v) is 2.75. The maximum atomic E-state index is 5.93. The summed E-state index contributed by atoms with van der Waals surface area (Å²) in [5, 5.41) is 5.72. The first-order valence-corrected chi connectivity index (χ1v) is 7.97. The van der Waals surface area contributed by atoms with Crippen LogP contribution >= 0.6 is 0 Å². The fraction of sp³-hybridized carbons (Fsp3) is 0.150. The van der Waals surface area contributed by atoms with Crippen LogP contribution in [0.1, 0.15) is 16.8 Å². The highest BCUT2D eigenvalue weighted by Gasteiger charge is 2.23. The molecule has 1 aliphatic heterocycles. The molecule has 2 aromatic carbocycles. The van der Waals surface area contributed by atoms with Crippen LogP contribution in [-0.4, -0.2) is 11.7 Å². The quantitative estimate of drug-likeness (QED) is 0.698. The Morgan fingerprint density at radius 3 is 2.21 bits per heavy atom. The van der Waals surface area contributed by atoms with Crippen LogP contribution in [0.3, 0.4) is 0 Å². The summed E-state index contributed by atoms with van der Waals surface area (Å²) in [6.07, 6.45) is 2.05. The van der Waals surface area contributed by atoms with Crippen LogP contribution in [0.15, 0.2) is 65.2 Å². The van der Waals surface area contributed by atoms with Crippen LogP contribution in [0.4, 0.5) is 5.88 Å². The van der Waals surface area contributed by atoms with Crippen molar-refractivity contribution in [3.05, 3.63) is 77.5 Å². The monoisotopic (exact) mass is 318 g/mol. The molecule has 1 aromatic heterocycles. The van der Waals surface area contributed by atoms with Crippen LogP contribution in [0.25, 0.3) is 16.9 Å². The number of hydrogen-bond acceptors (Lipinski definition) is 4. The van der Waals surface area contributed by atoms with Gasteiger partial charge in [-0.25, -0.2) is 0 Å². The highest BCUT2D eigenvalue weighted by molar-refractivity contribution is 5.69. The second-order valence-corrected chi connectivity index (χ2v) is 5.86. The largest absolute Gasteiger partial charge is 0.376 e. The van der Waals surface area contributed by atoms with E-state index in [1.165, 1.54) is 11.1 Å². The molecule has 0 amide bonds. The van der Waals surface area contributed by atoms with Gasteiger partial charge in [0.2, 0.25) is 0 Å². The Bertz CT molecular complexity index is 880. The Morgan fingerprint density at radius 2 is 1.54 bits per heavy atom. The molecule has 0 atom stereocenters. The van der Waals surface area contributed by atoms with Gasteiger partial charge in [0.25, 0.3) is 5.88 Å². The van der Waals surface area contributed by atoms with E-state index in [0.29, 0.717) is 12.4 Å². The minimum Gasteiger partial charge on any atom is -0.376 e. The zero-order valence-corrected chi connectivity index (χ0v) is 13.7. The van der Waals surface area contributed by atoms with Gasteiger partial charge in [-0.05, 0) is 31.1 Å². The van der Waals surface area contributed by atoms with Crippen molar-refractivity contribution in [3.63, 3.8) is 0 Å². The number of aryl methyl sites for hydroxylation is 1. The maximum absolute atomic E-state index is 5.93. The van der Waals surface area contributed by atoms with Crippen molar-refractivity contribution in [3.8, 4) is 11.1 Å². The number of aromatic nitrogens is 1. The number of hydrogen-bond donors (Lipinski definition) is 0. The van der Waals surface area contributed by atoms with Crippen molar-refractivity contribution in [1.82, 2.24) is 5.16 Å². The first-order valence-electron chi connectivity index (χ1n) is 7.97. The molecule has 0 aliphatic carbocycles. The second kappa shape index (κ2) is 5.89. The van der Waals surface area contributed by atoms with E-state index in [0.717, 1.165) is 22.6 Å². The van der Waals surface area contributed by atoms with Gasteiger partial charge >= 0.3 is 0 Å². The minimum atomic E-state index is 0.644. The normalized spacial score (nSPS) is 13.8. The molecule has 0 fully saturated rings. The summed E-state index contributed by atoms with van der Waals surface area (Å²) >= 11 is 0. The van der Waals surface area contributed by atoms with E-state index in [2.05, 4.69) is 47.6 Å². The van der Waals surface area contributed by atoms with Gasteiger partial charge < -0.3 is 9.36 Å². The molecule has 0 bridgehead atoms. The predicted octanol–water partition coefficient (Wildman–Crippen LogP) is 4.75. The Morgan fingerprint density at radius 1 is 0.875 bits per heavy atom. The molecule has 24 heavy (non-hydrogen) atoms. The highest BCUT2D eigenvalue weighted by Crippen LogP contribution is 2.31. The number of benzene rings is 2. The van der Waals surface area contributed by atoms with Gasteiger partial charge in [-0.15, -0.1) is 0 Å². The topological polar surface area (TPSA) is 38.5 Å². The molecule has 3 aromatic rings. The molecule has 0 spiro atoms. The second-order valence-electron chi connectivity index (χ2n) is 5.86. The number of hydroxylamine groups is 1. The number of rotatable bonds is 3. The summed E-state index contributed by atoms with van der Waals surface area (Å²) in [4.78, 5) is 5.93. The van der Waals surface area contributed by atoms with E-state index in [9.17, 15) is 0 Å². The van der Waals surface area contributed by atoms with E-state index in [1.54, 1.807) is 5.06 Å². The van der Waals surface area contributed by atoms with Crippen molar-refractivity contribution in [2.75, 3.05) is 11.6 Å². The smallest absolute Gasteiger partial charge is 0.263 e. The first-order chi connectivity index (χ1) is 11.7. The van der Waals surface area contributed by atoms with Gasteiger partial charge in [-0.3, -0.25) is 0 Å². The lowest BCUT2D eigenvalue weighted by molar-refractivity contribution is 0.238. The Labute approximate surface area is 140 Å². The summed E-state index contributed by atoms with van der Waals surface area (Å²) < 4.78 is 5.36. The van der Waals surface area contributed by atoms with E-state index >= 15 is 0 Å². The summed E-state index contributed by atoms with van der Waals surface area (Å²) in [5.74, 6) is 1.50. The zero-order valence-electron chi connectivity index (χ0n) is 13.7. The summed E-state index contributed by atoms with van der Waals surface area (Å²) in [6, 6.07) is 18.7. The first kappa shape index (κ1) is 14.6. The van der Waals surface area contributed by atoms with Gasteiger partial charge in [0.05, 0.1) is 12.2 Å². The molecule has 4 rings (SSSR count).